The number of likely N-dealkylation sites (tertiary alicyclic amines) is 1. The maximum absolute atomic E-state index is 6.06. The van der Waals surface area contributed by atoms with Gasteiger partial charge in [-0.05, 0) is 27.3 Å². The van der Waals surface area contributed by atoms with Gasteiger partial charge in [0.2, 0.25) is 0 Å². The second-order valence-corrected chi connectivity index (χ2v) is 5.52. The van der Waals surface area contributed by atoms with E-state index in [1.165, 1.54) is 6.42 Å². The number of hydrogen-bond acceptors (Lipinski definition) is 4. The minimum Gasteiger partial charge on any atom is -0.376 e. The molecule has 2 saturated heterocycles. The molecule has 2 fully saturated rings. The first-order valence-electron chi connectivity index (χ1n) is 6.34. The molecule has 0 aromatic rings. The van der Waals surface area contributed by atoms with E-state index in [0.717, 1.165) is 32.8 Å². The van der Waals surface area contributed by atoms with Crippen molar-refractivity contribution in [2.45, 2.75) is 38.0 Å². The molecule has 2 aliphatic rings. The highest BCUT2D eigenvalue weighted by Crippen LogP contribution is 2.31. The molecule has 3 atom stereocenters. The minimum absolute atomic E-state index is 0.187. The number of nitrogens with zero attached hydrogens (tertiary/aromatic N) is 2. The van der Waals surface area contributed by atoms with E-state index in [1.54, 1.807) is 0 Å². The summed E-state index contributed by atoms with van der Waals surface area (Å²) in [7, 11) is 2.20. The Hall–Kier alpha value is -0.160. The van der Waals surface area contributed by atoms with Gasteiger partial charge in [-0.2, -0.15) is 0 Å². The molecule has 3 unspecified atom stereocenters. The SMILES string of the molecule is CC1CN(C2(CN)CC(C)N(C)C2)CCO1. The average Bonchev–Trinajstić information content (AvgIpc) is 2.56. The van der Waals surface area contributed by atoms with Crippen LogP contribution in [0, 0.1) is 0 Å². The molecule has 0 aromatic carbocycles. The fraction of sp³-hybridized carbons (Fsp3) is 1.00. The summed E-state index contributed by atoms with van der Waals surface area (Å²) in [5.74, 6) is 0. The summed E-state index contributed by atoms with van der Waals surface area (Å²) in [5.41, 5.74) is 6.25. The summed E-state index contributed by atoms with van der Waals surface area (Å²) < 4.78 is 5.61. The molecular weight excluding hydrogens is 202 g/mol. The quantitative estimate of drug-likeness (QED) is 0.728. The van der Waals surface area contributed by atoms with E-state index in [9.17, 15) is 0 Å². The van der Waals surface area contributed by atoms with Crippen molar-refractivity contribution < 1.29 is 4.74 Å². The fourth-order valence-electron chi connectivity index (χ4n) is 3.15. The molecule has 4 nitrogen and oxygen atoms in total. The number of nitrogens with two attached hydrogens (primary N) is 1. The second-order valence-electron chi connectivity index (χ2n) is 5.52. The first-order chi connectivity index (χ1) is 7.57. The zero-order chi connectivity index (χ0) is 11.8. The standard InChI is InChI=1S/C12H25N3O/c1-10-6-12(8-13,9-14(10)3)15-4-5-16-11(2)7-15/h10-11H,4-9,13H2,1-3H3. The first-order valence-corrected chi connectivity index (χ1v) is 6.34. The number of ether oxygens (including phenoxy) is 1. The van der Waals surface area contributed by atoms with Crippen LogP contribution < -0.4 is 5.73 Å². The maximum atomic E-state index is 6.06. The molecule has 4 heteroatoms. The van der Waals surface area contributed by atoms with E-state index < -0.39 is 0 Å². The third-order valence-corrected chi connectivity index (χ3v) is 4.26. The molecule has 0 radical (unpaired) electrons. The lowest BCUT2D eigenvalue weighted by Gasteiger charge is -2.44. The Morgan fingerprint density at radius 1 is 1.44 bits per heavy atom. The van der Waals surface area contributed by atoms with Crippen LogP contribution in [0.5, 0.6) is 0 Å². The minimum atomic E-state index is 0.187. The van der Waals surface area contributed by atoms with Crippen molar-refractivity contribution >= 4 is 0 Å². The molecule has 0 aliphatic carbocycles. The third-order valence-electron chi connectivity index (χ3n) is 4.26. The third kappa shape index (κ3) is 2.12. The van der Waals surface area contributed by atoms with Crippen molar-refractivity contribution in [1.29, 1.82) is 0 Å². The molecule has 94 valence electrons. The predicted octanol–water partition coefficient (Wildman–Crippen LogP) is 0.129. The number of likely N-dealkylation sites (N-methyl/N-ethyl adjacent to an activating group) is 1. The van der Waals surface area contributed by atoms with Gasteiger partial charge < -0.3 is 15.4 Å². The highest BCUT2D eigenvalue weighted by Gasteiger charge is 2.45. The van der Waals surface area contributed by atoms with Crippen molar-refractivity contribution in [3.8, 4) is 0 Å². The van der Waals surface area contributed by atoms with Crippen LogP contribution in [0.4, 0.5) is 0 Å². The normalized spacial score (nSPS) is 42.8. The Labute approximate surface area is 98.7 Å². The molecule has 0 bridgehead atoms. The van der Waals surface area contributed by atoms with Gasteiger partial charge in [0.25, 0.3) is 0 Å². The molecule has 0 amide bonds. The van der Waals surface area contributed by atoms with Crippen LogP contribution in [0.25, 0.3) is 0 Å². The van der Waals surface area contributed by atoms with Gasteiger partial charge in [0.1, 0.15) is 0 Å². The lowest BCUT2D eigenvalue weighted by Crippen LogP contribution is -2.60. The zero-order valence-electron chi connectivity index (χ0n) is 10.8. The topological polar surface area (TPSA) is 41.7 Å². The Kier molecular flexibility index (Phi) is 3.54. The smallest absolute Gasteiger partial charge is 0.0674 e. The molecule has 2 aliphatic heterocycles. The number of rotatable bonds is 2. The van der Waals surface area contributed by atoms with Gasteiger partial charge >= 0.3 is 0 Å². The Morgan fingerprint density at radius 2 is 2.19 bits per heavy atom. The highest BCUT2D eigenvalue weighted by molar-refractivity contribution is 5.03. The van der Waals surface area contributed by atoms with Crippen molar-refractivity contribution in [1.82, 2.24) is 9.80 Å². The van der Waals surface area contributed by atoms with E-state index in [2.05, 4.69) is 30.7 Å². The van der Waals surface area contributed by atoms with Gasteiger partial charge in [-0.3, -0.25) is 4.90 Å². The van der Waals surface area contributed by atoms with E-state index >= 15 is 0 Å². The molecule has 16 heavy (non-hydrogen) atoms. The van der Waals surface area contributed by atoms with E-state index in [4.69, 9.17) is 10.5 Å². The summed E-state index contributed by atoms with van der Waals surface area (Å²) in [4.78, 5) is 4.98. The Bertz CT molecular complexity index is 236. The number of morpholine rings is 1. The summed E-state index contributed by atoms with van der Waals surface area (Å²) in [6.45, 7) is 9.20. The van der Waals surface area contributed by atoms with Crippen molar-refractivity contribution in [3.63, 3.8) is 0 Å². The molecule has 2 rings (SSSR count). The van der Waals surface area contributed by atoms with E-state index in [1.807, 2.05) is 0 Å². The van der Waals surface area contributed by atoms with Gasteiger partial charge in [-0.1, -0.05) is 0 Å². The largest absolute Gasteiger partial charge is 0.376 e. The summed E-state index contributed by atoms with van der Waals surface area (Å²) >= 11 is 0. The lowest BCUT2D eigenvalue weighted by atomic mass is 9.93. The van der Waals surface area contributed by atoms with Crippen LogP contribution in [-0.4, -0.2) is 67.3 Å². The molecule has 0 spiro atoms. The fourth-order valence-corrected chi connectivity index (χ4v) is 3.15. The summed E-state index contributed by atoms with van der Waals surface area (Å²) in [5, 5.41) is 0. The van der Waals surface area contributed by atoms with Crippen molar-refractivity contribution in [2.24, 2.45) is 5.73 Å². The number of hydrogen-bond donors (Lipinski definition) is 1. The van der Waals surface area contributed by atoms with Crippen LogP contribution in [0.15, 0.2) is 0 Å². The van der Waals surface area contributed by atoms with Crippen LogP contribution in [-0.2, 0) is 4.74 Å². The monoisotopic (exact) mass is 227 g/mol. The molecule has 0 aromatic heterocycles. The maximum Gasteiger partial charge on any atom is 0.0674 e. The van der Waals surface area contributed by atoms with Gasteiger partial charge in [-0.15, -0.1) is 0 Å². The van der Waals surface area contributed by atoms with Crippen LogP contribution in [0.1, 0.15) is 20.3 Å². The average molecular weight is 227 g/mol. The Balaban J connectivity index is 2.09. The van der Waals surface area contributed by atoms with Crippen LogP contribution >= 0.6 is 0 Å². The van der Waals surface area contributed by atoms with Crippen LogP contribution in [0.3, 0.4) is 0 Å². The molecular formula is C12H25N3O. The van der Waals surface area contributed by atoms with Gasteiger partial charge in [0, 0.05) is 37.8 Å². The van der Waals surface area contributed by atoms with Gasteiger partial charge in [-0.25, -0.2) is 0 Å². The first kappa shape index (κ1) is 12.3. The second kappa shape index (κ2) is 4.61. The van der Waals surface area contributed by atoms with Gasteiger partial charge in [0.15, 0.2) is 0 Å². The Morgan fingerprint density at radius 3 is 2.69 bits per heavy atom. The van der Waals surface area contributed by atoms with E-state index in [-0.39, 0.29) is 5.54 Å². The summed E-state index contributed by atoms with van der Waals surface area (Å²) in [6.07, 6.45) is 1.53. The molecule has 2 heterocycles. The van der Waals surface area contributed by atoms with Crippen molar-refractivity contribution in [3.05, 3.63) is 0 Å². The zero-order valence-corrected chi connectivity index (χ0v) is 10.8. The molecule has 2 N–H and O–H groups in total. The summed E-state index contributed by atoms with van der Waals surface area (Å²) in [6, 6.07) is 0.640. The lowest BCUT2D eigenvalue weighted by molar-refractivity contribution is -0.0576. The van der Waals surface area contributed by atoms with Crippen molar-refractivity contribution in [2.75, 3.05) is 39.8 Å². The predicted molar refractivity (Wildman–Crippen MR) is 65.5 cm³/mol. The van der Waals surface area contributed by atoms with Crippen LogP contribution in [0.2, 0.25) is 0 Å². The van der Waals surface area contributed by atoms with Gasteiger partial charge in [0.05, 0.1) is 12.7 Å². The highest BCUT2D eigenvalue weighted by atomic mass is 16.5. The van der Waals surface area contributed by atoms with E-state index in [0.29, 0.717) is 12.1 Å². The molecule has 0 saturated carbocycles.